The van der Waals surface area contributed by atoms with Gasteiger partial charge >= 0.3 is 0 Å². The largest absolute Gasteiger partial charge is 0.307 e. The quantitative estimate of drug-likeness (QED) is 0.388. The van der Waals surface area contributed by atoms with E-state index in [-0.39, 0.29) is 9.68 Å². The highest BCUT2D eigenvalue weighted by atomic mass is 28.2. The Morgan fingerprint density at radius 1 is 1.75 bits per heavy atom. The summed E-state index contributed by atoms with van der Waals surface area (Å²) in [5.41, 5.74) is 5.17. The van der Waals surface area contributed by atoms with Crippen molar-refractivity contribution in [2.75, 3.05) is 13.3 Å². The maximum Gasteiger partial charge on any atom is 0.129 e. The van der Waals surface area contributed by atoms with Gasteiger partial charge in [0.15, 0.2) is 0 Å². The topological polar surface area (TPSA) is 38.5 Å². The number of hydroxylamine groups is 1. The fourth-order valence-electron chi connectivity index (χ4n) is 0.923. The molecule has 1 aliphatic heterocycles. The van der Waals surface area contributed by atoms with Gasteiger partial charge in [-0.3, -0.25) is 4.84 Å². The molecule has 1 heterocycles. The summed E-state index contributed by atoms with van der Waals surface area (Å²) in [7, 11) is -0.0227. The smallest absolute Gasteiger partial charge is 0.129 e. The van der Waals surface area contributed by atoms with Gasteiger partial charge in [-0.25, -0.2) is 4.73 Å². The number of hydrogen-bond acceptors (Lipinski definition) is 3. The van der Waals surface area contributed by atoms with Crippen LogP contribution in [-0.2, 0) is 4.84 Å². The van der Waals surface area contributed by atoms with Gasteiger partial charge in [-0.05, 0) is 12.5 Å². The zero-order chi connectivity index (χ0) is 5.82. The minimum Gasteiger partial charge on any atom is -0.307 e. The van der Waals surface area contributed by atoms with E-state index in [9.17, 15) is 0 Å². The molecule has 0 amide bonds. The molecule has 0 aromatic heterocycles. The molecule has 8 heavy (non-hydrogen) atoms. The van der Waals surface area contributed by atoms with Gasteiger partial charge in [-0.15, -0.1) is 0 Å². The predicted octanol–water partition coefficient (Wildman–Crippen LogP) is -0.958. The molecule has 0 bridgehead atoms. The van der Waals surface area contributed by atoms with E-state index >= 15 is 0 Å². The molecule has 48 valence electrons. The SMILES string of the molecule is NCON1CCC[SiH2]1. The minimum absolute atomic E-state index is 0.0227. The molecule has 1 fully saturated rings. The maximum absolute atomic E-state index is 5.17. The van der Waals surface area contributed by atoms with E-state index in [1.165, 1.54) is 12.5 Å². The first-order valence-corrected chi connectivity index (χ1v) is 4.64. The Morgan fingerprint density at radius 2 is 2.62 bits per heavy atom. The van der Waals surface area contributed by atoms with Gasteiger partial charge in [0.2, 0.25) is 0 Å². The van der Waals surface area contributed by atoms with Crippen LogP contribution in [-0.4, -0.2) is 27.7 Å². The van der Waals surface area contributed by atoms with Crippen molar-refractivity contribution in [2.24, 2.45) is 5.73 Å². The summed E-state index contributed by atoms with van der Waals surface area (Å²) < 4.78 is 2.06. The fraction of sp³-hybridized carbons (Fsp3) is 1.00. The van der Waals surface area contributed by atoms with E-state index in [1.807, 2.05) is 0 Å². The van der Waals surface area contributed by atoms with Crippen LogP contribution in [0.15, 0.2) is 0 Å². The number of nitrogens with two attached hydrogens (primary N) is 1. The third-order valence-electron chi connectivity index (χ3n) is 1.32. The molecule has 3 nitrogen and oxygen atoms in total. The molecule has 0 saturated carbocycles. The zero-order valence-corrected chi connectivity index (χ0v) is 6.38. The van der Waals surface area contributed by atoms with Gasteiger partial charge in [-0.1, -0.05) is 0 Å². The summed E-state index contributed by atoms with van der Waals surface area (Å²) in [6.07, 6.45) is 1.31. The molecule has 0 spiro atoms. The van der Waals surface area contributed by atoms with Crippen molar-refractivity contribution in [3.8, 4) is 0 Å². The predicted molar refractivity (Wildman–Crippen MR) is 34.8 cm³/mol. The Labute approximate surface area is 51.6 Å². The molecule has 0 aliphatic carbocycles. The van der Waals surface area contributed by atoms with Crippen LogP contribution in [0.1, 0.15) is 6.42 Å². The lowest BCUT2D eigenvalue weighted by molar-refractivity contribution is -0.0780. The van der Waals surface area contributed by atoms with Gasteiger partial charge in [-0.2, -0.15) is 0 Å². The van der Waals surface area contributed by atoms with Crippen molar-refractivity contribution in [1.82, 2.24) is 4.73 Å². The third kappa shape index (κ3) is 1.55. The van der Waals surface area contributed by atoms with Crippen molar-refractivity contribution < 1.29 is 4.84 Å². The Balaban J connectivity index is 2.06. The molecular formula is C4H12N2OSi. The average Bonchev–Trinajstić information content (AvgIpc) is 2.19. The lowest BCUT2D eigenvalue weighted by Crippen LogP contribution is -2.25. The normalized spacial score (nSPS) is 25.1. The summed E-state index contributed by atoms with van der Waals surface area (Å²) >= 11 is 0. The van der Waals surface area contributed by atoms with E-state index in [4.69, 9.17) is 10.6 Å². The summed E-state index contributed by atoms with van der Waals surface area (Å²) in [5, 5.41) is 0. The van der Waals surface area contributed by atoms with Gasteiger partial charge in [0.05, 0.1) is 0 Å². The first kappa shape index (κ1) is 6.22. The maximum atomic E-state index is 5.17. The summed E-state index contributed by atoms with van der Waals surface area (Å²) in [6, 6.07) is 1.39. The standard InChI is InChI=1S/C4H12N2OSi/c5-4-7-6-2-1-3-8-6/h1-5,8H2. The molecule has 2 N–H and O–H groups in total. The second kappa shape index (κ2) is 3.19. The van der Waals surface area contributed by atoms with Crippen LogP contribution in [0, 0.1) is 0 Å². The number of rotatable bonds is 2. The van der Waals surface area contributed by atoms with Crippen molar-refractivity contribution in [2.45, 2.75) is 12.5 Å². The highest BCUT2D eigenvalue weighted by Crippen LogP contribution is 2.04. The monoisotopic (exact) mass is 132 g/mol. The number of hydrogen-bond donors (Lipinski definition) is 1. The van der Waals surface area contributed by atoms with E-state index in [1.54, 1.807) is 0 Å². The molecule has 0 aromatic carbocycles. The van der Waals surface area contributed by atoms with Crippen LogP contribution in [0.2, 0.25) is 6.04 Å². The van der Waals surface area contributed by atoms with Crippen molar-refractivity contribution >= 4 is 9.68 Å². The van der Waals surface area contributed by atoms with Crippen LogP contribution in [0.3, 0.4) is 0 Å². The Morgan fingerprint density at radius 3 is 3.12 bits per heavy atom. The van der Waals surface area contributed by atoms with E-state index in [0.29, 0.717) is 6.73 Å². The van der Waals surface area contributed by atoms with Gasteiger partial charge in [0.25, 0.3) is 0 Å². The highest BCUT2D eigenvalue weighted by molar-refractivity contribution is 6.32. The fourth-order valence-corrected chi connectivity index (χ4v) is 2.40. The van der Waals surface area contributed by atoms with E-state index in [0.717, 1.165) is 6.54 Å². The zero-order valence-electron chi connectivity index (χ0n) is 4.97. The second-order valence-corrected chi connectivity index (χ2v) is 3.79. The summed E-state index contributed by atoms with van der Waals surface area (Å²) in [5.74, 6) is 0. The lowest BCUT2D eigenvalue weighted by atomic mass is 10.5. The Bertz CT molecular complexity index is 65.1. The molecular weight excluding hydrogens is 120 g/mol. The lowest BCUT2D eigenvalue weighted by Gasteiger charge is -2.11. The van der Waals surface area contributed by atoms with E-state index in [2.05, 4.69) is 4.73 Å². The highest BCUT2D eigenvalue weighted by Gasteiger charge is 2.10. The number of nitrogens with zero attached hydrogens (tertiary/aromatic N) is 1. The molecule has 1 saturated heterocycles. The van der Waals surface area contributed by atoms with Gasteiger partial charge < -0.3 is 5.73 Å². The van der Waals surface area contributed by atoms with Crippen LogP contribution in [0.25, 0.3) is 0 Å². The Hall–Kier alpha value is 0.0969. The van der Waals surface area contributed by atoms with Crippen molar-refractivity contribution in [3.05, 3.63) is 0 Å². The molecule has 1 rings (SSSR count). The molecule has 0 radical (unpaired) electrons. The van der Waals surface area contributed by atoms with E-state index < -0.39 is 0 Å². The Kier molecular flexibility index (Phi) is 2.48. The van der Waals surface area contributed by atoms with Crippen LogP contribution in [0.5, 0.6) is 0 Å². The third-order valence-corrected chi connectivity index (χ3v) is 3.14. The molecule has 0 atom stereocenters. The first-order chi connectivity index (χ1) is 3.93. The van der Waals surface area contributed by atoms with Crippen LogP contribution >= 0.6 is 0 Å². The first-order valence-electron chi connectivity index (χ1n) is 3.01. The van der Waals surface area contributed by atoms with Crippen molar-refractivity contribution in [1.29, 1.82) is 0 Å². The van der Waals surface area contributed by atoms with Gasteiger partial charge in [0.1, 0.15) is 16.4 Å². The van der Waals surface area contributed by atoms with Crippen LogP contribution in [0.4, 0.5) is 0 Å². The minimum atomic E-state index is -0.0227. The van der Waals surface area contributed by atoms with Gasteiger partial charge in [0, 0.05) is 6.54 Å². The second-order valence-electron chi connectivity index (χ2n) is 1.93. The summed E-state index contributed by atoms with van der Waals surface area (Å²) in [4.78, 5) is 5.08. The van der Waals surface area contributed by atoms with Crippen molar-refractivity contribution in [3.63, 3.8) is 0 Å². The molecule has 0 aromatic rings. The average molecular weight is 132 g/mol. The molecule has 4 heteroatoms. The summed E-state index contributed by atoms with van der Waals surface area (Å²) in [6.45, 7) is 1.47. The molecule has 1 aliphatic rings. The van der Waals surface area contributed by atoms with Crippen LogP contribution < -0.4 is 5.73 Å². The molecule has 0 unspecified atom stereocenters.